The van der Waals surface area contributed by atoms with Crippen LogP contribution in [-0.4, -0.2) is 42.9 Å². The summed E-state index contributed by atoms with van der Waals surface area (Å²) in [6.07, 6.45) is 42.5. The highest BCUT2D eigenvalue weighted by Crippen LogP contribution is 2.59. The van der Waals surface area contributed by atoms with Crippen molar-refractivity contribution in [1.82, 2.24) is 16.0 Å². The Morgan fingerprint density at radius 2 is 0.865 bits per heavy atom. The monoisotopic (exact) mass is 716 g/mol. The van der Waals surface area contributed by atoms with Crippen molar-refractivity contribution in [2.24, 2.45) is 76.9 Å². The fourth-order valence-corrected chi connectivity index (χ4v) is 17.1. The molecule has 8 aliphatic carbocycles. The molecule has 0 bridgehead atoms. The average molecular weight is 716 g/mol. The highest BCUT2D eigenvalue weighted by molar-refractivity contribution is 5.09. The second kappa shape index (κ2) is 14.9. The van der Waals surface area contributed by atoms with E-state index in [4.69, 9.17) is 9.47 Å². The zero-order valence-corrected chi connectivity index (χ0v) is 33.0. The first kappa shape index (κ1) is 35.0. The minimum absolute atomic E-state index is 0.427. The molecule has 19 unspecified atom stereocenters. The molecule has 0 aromatic heterocycles. The van der Waals surface area contributed by atoms with Crippen molar-refractivity contribution in [1.29, 1.82) is 0 Å². The van der Waals surface area contributed by atoms with Gasteiger partial charge in [0.05, 0.1) is 42.9 Å². The Balaban J connectivity index is 0.906. The minimum atomic E-state index is 0.427. The van der Waals surface area contributed by atoms with Crippen molar-refractivity contribution in [3.8, 4) is 0 Å². The van der Waals surface area contributed by atoms with Gasteiger partial charge in [0.1, 0.15) is 0 Å². The third kappa shape index (κ3) is 6.34. The number of nitrogens with one attached hydrogen (secondary N) is 3. The Kier molecular flexibility index (Phi) is 10.1. The molecular formula is C47H77N3O2. The highest BCUT2D eigenvalue weighted by Gasteiger charge is 2.60. The van der Waals surface area contributed by atoms with Gasteiger partial charge in [-0.1, -0.05) is 103 Å². The molecule has 292 valence electrons. The van der Waals surface area contributed by atoms with Gasteiger partial charge in [0.25, 0.3) is 0 Å². The summed E-state index contributed by atoms with van der Waals surface area (Å²) in [6.45, 7) is 0. The van der Waals surface area contributed by atoms with E-state index in [-0.39, 0.29) is 0 Å². The van der Waals surface area contributed by atoms with Gasteiger partial charge in [-0.25, -0.2) is 0 Å². The van der Waals surface area contributed by atoms with Gasteiger partial charge in [-0.3, -0.25) is 16.0 Å². The van der Waals surface area contributed by atoms with E-state index in [1.165, 1.54) is 173 Å². The molecule has 3 N–H and O–H groups in total. The normalized spacial score (nSPS) is 55.3. The predicted molar refractivity (Wildman–Crippen MR) is 208 cm³/mol. The predicted octanol–water partition coefficient (Wildman–Crippen LogP) is 9.93. The number of hydrogen-bond donors (Lipinski definition) is 3. The number of fused-ring (bicyclic) bond motifs is 8. The molecule has 0 aromatic rings. The number of ether oxygens (including phenoxy) is 2. The topological polar surface area (TPSA) is 54.5 Å². The van der Waals surface area contributed by atoms with Crippen molar-refractivity contribution >= 4 is 0 Å². The molecule has 0 amide bonds. The highest BCUT2D eigenvalue weighted by atomic mass is 16.5. The molecule has 0 spiro atoms. The zero-order chi connectivity index (χ0) is 34.2. The van der Waals surface area contributed by atoms with Crippen LogP contribution in [-0.2, 0) is 9.47 Å². The molecule has 11 aliphatic rings. The van der Waals surface area contributed by atoms with Crippen LogP contribution in [0.15, 0.2) is 0 Å². The van der Waals surface area contributed by atoms with Gasteiger partial charge in [0, 0.05) is 0 Å². The van der Waals surface area contributed by atoms with Gasteiger partial charge in [0.2, 0.25) is 0 Å². The fourth-order valence-electron chi connectivity index (χ4n) is 17.1. The minimum Gasteiger partial charge on any atom is -0.374 e. The molecular weight excluding hydrogens is 639 g/mol. The molecule has 5 heteroatoms. The molecule has 0 aromatic carbocycles. The van der Waals surface area contributed by atoms with E-state index in [1.54, 1.807) is 0 Å². The largest absolute Gasteiger partial charge is 0.374 e. The lowest BCUT2D eigenvalue weighted by atomic mass is 9.57. The Labute approximate surface area is 317 Å². The molecule has 19 atom stereocenters. The third-order valence-corrected chi connectivity index (χ3v) is 19.4. The summed E-state index contributed by atoms with van der Waals surface area (Å²) >= 11 is 0. The standard InChI is InChI=1S/C47H77N3O2/c1-2-12-29(13-3-1)34-23-24-37(43-38-26-31-15-6-7-16-32(31)27-41(38)52-44(34)43)47-49-45(33-22-21-28-11-4-5-14-30(28)25-33)48-46(50-47)36-18-10-20-40-42(36)35-17-8-9-19-39(35)51-40/h28-50H,1-27H2. The maximum atomic E-state index is 7.58. The van der Waals surface area contributed by atoms with Crippen LogP contribution in [0.25, 0.3) is 0 Å². The maximum absolute atomic E-state index is 7.58. The summed E-state index contributed by atoms with van der Waals surface area (Å²) in [5.41, 5.74) is 0. The lowest BCUT2D eigenvalue weighted by Gasteiger charge is -2.54. The SMILES string of the molecule is C1CCC(C2CCC(C3NC(C4CCC5CCCCC5C4)NC(C4CCCC5OC6CCCCC6C54)N3)C3C4CC5CCCCC5CC4OC23)CC1. The lowest BCUT2D eigenvalue weighted by Crippen LogP contribution is -2.74. The molecule has 3 heterocycles. The second-order valence-corrected chi connectivity index (χ2v) is 21.6. The van der Waals surface area contributed by atoms with Crippen molar-refractivity contribution in [3.05, 3.63) is 0 Å². The van der Waals surface area contributed by atoms with Crippen LogP contribution in [0.2, 0.25) is 0 Å². The summed E-state index contributed by atoms with van der Waals surface area (Å²) in [4.78, 5) is 0. The van der Waals surface area contributed by atoms with Crippen molar-refractivity contribution in [2.75, 3.05) is 0 Å². The first-order valence-electron chi connectivity index (χ1n) is 24.3. The van der Waals surface area contributed by atoms with Gasteiger partial charge < -0.3 is 9.47 Å². The van der Waals surface area contributed by atoms with E-state index in [0.29, 0.717) is 54.7 Å². The Morgan fingerprint density at radius 3 is 1.69 bits per heavy atom. The molecule has 11 rings (SSSR count). The Bertz CT molecular complexity index is 1220. The van der Waals surface area contributed by atoms with Crippen molar-refractivity contribution in [2.45, 2.75) is 216 Å². The van der Waals surface area contributed by atoms with E-state index >= 15 is 0 Å². The second-order valence-electron chi connectivity index (χ2n) is 21.6. The van der Waals surface area contributed by atoms with Gasteiger partial charge in [-0.05, 0) is 148 Å². The molecule has 52 heavy (non-hydrogen) atoms. The maximum Gasteiger partial charge on any atom is 0.0645 e. The lowest BCUT2D eigenvalue weighted by molar-refractivity contribution is -0.0765. The van der Waals surface area contributed by atoms with Gasteiger partial charge in [0.15, 0.2) is 0 Å². The van der Waals surface area contributed by atoms with Crippen LogP contribution in [0.1, 0.15) is 173 Å². The molecule has 5 nitrogen and oxygen atoms in total. The van der Waals surface area contributed by atoms with E-state index in [2.05, 4.69) is 16.0 Å². The van der Waals surface area contributed by atoms with Crippen LogP contribution in [0.5, 0.6) is 0 Å². The molecule has 3 saturated heterocycles. The first-order chi connectivity index (χ1) is 25.7. The Hall–Kier alpha value is -0.200. The van der Waals surface area contributed by atoms with Crippen molar-refractivity contribution < 1.29 is 9.47 Å². The smallest absolute Gasteiger partial charge is 0.0645 e. The third-order valence-electron chi connectivity index (χ3n) is 19.4. The molecule has 3 aliphatic heterocycles. The van der Waals surface area contributed by atoms with Crippen LogP contribution < -0.4 is 16.0 Å². The Morgan fingerprint density at radius 1 is 0.288 bits per heavy atom. The first-order valence-corrected chi connectivity index (χ1v) is 24.3. The van der Waals surface area contributed by atoms with E-state index in [0.717, 1.165) is 65.1 Å². The van der Waals surface area contributed by atoms with E-state index < -0.39 is 0 Å². The van der Waals surface area contributed by atoms with E-state index in [9.17, 15) is 0 Å². The summed E-state index contributed by atoms with van der Waals surface area (Å²) in [7, 11) is 0. The fraction of sp³-hybridized carbons (Fsp3) is 1.00. The van der Waals surface area contributed by atoms with Gasteiger partial charge in [-0.2, -0.15) is 0 Å². The summed E-state index contributed by atoms with van der Waals surface area (Å²) < 4.78 is 14.6. The molecule has 8 saturated carbocycles. The van der Waals surface area contributed by atoms with Gasteiger partial charge in [-0.15, -0.1) is 0 Å². The summed E-state index contributed by atoms with van der Waals surface area (Å²) in [6, 6.07) is 0. The van der Waals surface area contributed by atoms with Crippen LogP contribution in [0, 0.1) is 76.9 Å². The molecule has 11 fully saturated rings. The van der Waals surface area contributed by atoms with Gasteiger partial charge >= 0.3 is 0 Å². The van der Waals surface area contributed by atoms with Crippen LogP contribution in [0.4, 0.5) is 0 Å². The van der Waals surface area contributed by atoms with E-state index in [1.807, 2.05) is 0 Å². The summed E-state index contributed by atoms with van der Waals surface area (Å²) in [5, 5.41) is 13.5. The number of hydrogen-bond acceptors (Lipinski definition) is 5. The van der Waals surface area contributed by atoms with Crippen LogP contribution in [0.3, 0.4) is 0 Å². The van der Waals surface area contributed by atoms with Crippen molar-refractivity contribution in [3.63, 3.8) is 0 Å². The zero-order valence-electron chi connectivity index (χ0n) is 33.0. The summed E-state index contributed by atoms with van der Waals surface area (Å²) in [5.74, 6) is 11.0. The number of rotatable bonds is 4. The quantitative estimate of drug-likeness (QED) is 0.271. The average Bonchev–Trinajstić information content (AvgIpc) is 3.78. The van der Waals surface area contributed by atoms with Crippen LogP contribution >= 0.6 is 0 Å². The molecule has 0 radical (unpaired) electrons.